The van der Waals surface area contributed by atoms with Crippen molar-refractivity contribution in [1.29, 1.82) is 0 Å². The Morgan fingerprint density at radius 3 is 2.83 bits per heavy atom. The van der Waals surface area contributed by atoms with E-state index in [4.69, 9.17) is 0 Å². The molecule has 1 N–H and O–H groups in total. The molecule has 0 spiro atoms. The third-order valence-corrected chi connectivity index (χ3v) is 3.69. The third kappa shape index (κ3) is 3.05. The highest BCUT2D eigenvalue weighted by Crippen LogP contribution is 2.23. The van der Waals surface area contributed by atoms with E-state index in [1.165, 1.54) is 10.9 Å². The highest BCUT2D eigenvalue weighted by Gasteiger charge is 2.15. The normalized spacial score (nSPS) is 12.7. The zero-order chi connectivity index (χ0) is 13.0. The van der Waals surface area contributed by atoms with Crippen LogP contribution in [0.4, 0.5) is 10.2 Å². The number of pyridine rings is 1. The molecule has 96 valence electrons. The van der Waals surface area contributed by atoms with Gasteiger partial charge in [-0.3, -0.25) is 0 Å². The monoisotopic (exact) mass is 265 g/mol. The molecule has 0 fully saturated rings. The summed E-state index contributed by atoms with van der Waals surface area (Å²) in [6.45, 7) is 0.626. The number of thiophene rings is 1. The molecule has 0 aliphatic carbocycles. The Labute approximate surface area is 110 Å². The number of hydrogen-bond acceptors (Lipinski definition) is 4. The van der Waals surface area contributed by atoms with Gasteiger partial charge in [0.25, 0.3) is 0 Å². The maximum absolute atomic E-state index is 13.4. The fraction of sp³-hybridized carbons (Fsp3) is 0.308. The Hall–Kier alpha value is -1.46. The zero-order valence-corrected chi connectivity index (χ0v) is 11.2. The molecule has 0 saturated carbocycles. The van der Waals surface area contributed by atoms with Crippen LogP contribution in [0.25, 0.3) is 0 Å². The average Bonchev–Trinajstić information content (AvgIpc) is 2.85. The van der Waals surface area contributed by atoms with Gasteiger partial charge in [0.1, 0.15) is 0 Å². The summed E-state index contributed by atoms with van der Waals surface area (Å²) < 4.78 is 13.4. The van der Waals surface area contributed by atoms with Crippen LogP contribution < -0.4 is 5.32 Å². The minimum atomic E-state index is -0.318. The van der Waals surface area contributed by atoms with Gasteiger partial charge in [0, 0.05) is 17.6 Å². The molecule has 0 bridgehead atoms. The third-order valence-electron chi connectivity index (χ3n) is 2.72. The Morgan fingerprint density at radius 1 is 1.39 bits per heavy atom. The molecule has 5 heteroatoms. The minimum Gasteiger partial charge on any atom is -0.366 e. The summed E-state index contributed by atoms with van der Waals surface area (Å²) in [4.78, 5) is 7.35. The second kappa shape index (κ2) is 5.93. The number of rotatable bonds is 5. The summed E-state index contributed by atoms with van der Waals surface area (Å²) in [5.41, 5.74) is 0. The van der Waals surface area contributed by atoms with Crippen molar-refractivity contribution in [3.63, 3.8) is 0 Å². The Bertz CT molecular complexity index is 485. The molecular weight excluding hydrogens is 249 g/mol. The zero-order valence-electron chi connectivity index (χ0n) is 10.4. The Morgan fingerprint density at radius 2 is 2.22 bits per heavy atom. The smallest absolute Gasteiger partial charge is 0.165 e. The first kappa shape index (κ1) is 13.0. The number of nitrogens with one attached hydrogen (secondary N) is 1. The molecule has 1 atom stereocenters. The number of likely N-dealkylation sites (N-methyl/N-ethyl adjacent to an activating group) is 1. The van der Waals surface area contributed by atoms with Gasteiger partial charge in [0.2, 0.25) is 0 Å². The molecule has 0 amide bonds. The van der Waals surface area contributed by atoms with Crippen LogP contribution in [-0.4, -0.2) is 30.5 Å². The van der Waals surface area contributed by atoms with Crippen molar-refractivity contribution in [2.24, 2.45) is 0 Å². The molecule has 18 heavy (non-hydrogen) atoms. The van der Waals surface area contributed by atoms with E-state index in [2.05, 4.69) is 21.3 Å². The molecule has 0 aliphatic rings. The molecular formula is C13H16FN3S. The van der Waals surface area contributed by atoms with Crippen molar-refractivity contribution in [2.45, 2.75) is 6.04 Å². The topological polar surface area (TPSA) is 28.2 Å². The molecule has 2 aromatic heterocycles. The number of hydrogen-bond donors (Lipinski definition) is 1. The largest absolute Gasteiger partial charge is 0.366 e. The van der Waals surface area contributed by atoms with Crippen molar-refractivity contribution >= 4 is 17.2 Å². The predicted molar refractivity (Wildman–Crippen MR) is 73.4 cm³/mol. The molecule has 0 aliphatic heterocycles. The highest BCUT2D eigenvalue weighted by atomic mass is 32.1. The predicted octanol–water partition coefficient (Wildman–Crippen LogP) is 3.00. The number of anilines is 1. The molecule has 3 nitrogen and oxygen atoms in total. The lowest BCUT2D eigenvalue weighted by molar-refractivity contribution is 0.315. The number of halogens is 1. The van der Waals surface area contributed by atoms with Crippen LogP contribution in [0, 0.1) is 5.82 Å². The molecule has 0 radical (unpaired) electrons. The summed E-state index contributed by atoms with van der Waals surface area (Å²) >= 11 is 1.70. The van der Waals surface area contributed by atoms with Gasteiger partial charge in [-0.1, -0.05) is 6.07 Å². The number of aromatic nitrogens is 1. The summed E-state index contributed by atoms with van der Waals surface area (Å²) in [5.74, 6) is -0.0120. The standard InChI is InChI=1S/C13H16FN3S/c1-17(2)11(12-6-4-8-18-12)9-16-13-10(14)5-3-7-15-13/h3-8,11H,9H2,1-2H3,(H,15,16)/t11-/m0/s1. The van der Waals surface area contributed by atoms with Gasteiger partial charge in [-0.25, -0.2) is 9.37 Å². The van der Waals surface area contributed by atoms with Gasteiger partial charge in [0.15, 0.2) is 11.6 Å². The molecule has 0 aromatic carbocycles. The van der Waals surface area contributed by atoms with Gasteiger partial charge >= 0.3 is 0 Å². The van der Waals surface area contributed by atoms with Crippen molar-refractivity contribution < 1.29 is 4.39 Å². The molecule has 0 saturated heterocycles. The maximum atomic E-state index is 13.4. The Balaban J connectivity index is 2.05. The lowest BCUT2D eigenvalue weighted by atomic mass is 10.2. The molecule has 2 heterocycles. The van der Waals surface area contributed by atoms with Crippen LogP contribution in [0.15, 0.2) is 35.8 Å². The summed E-state index contributed by atoms with van der Waals surface area (Å²) in [7, 11) is 4.03. The minimum absolute atomic E-state index is 0.214. The van der Waals surface area contributed by atoms with Crippen LogP contribution >= 0.6 is 11.3 Å². The van der Waals surface area contributed by atoms with E-state index in [0.29, 0.717) is 12.4 Å². The fourth-order valence-corrected chi connectivity index (χ4v) is 2.65. The highest BCUT2D eigenvalue weighted by molar-refractivity contribution is 7.10. The summed E-state index contributed by atoms with van der Waals surface area (Å²) in [6.07, 6.45) is 1.58. The summed E-state index contributed by atoms with van der Waals surface area (Å²) in [5, 5.41) is 5.11. The first-order valence-corrected chi connectivity index (χ1v) is 6.60. The number of nitrogens with zero attached hydrogens (tertiary/aromatic N) is 2. The second-order valence-electron chi connectivity index (χ2n) is 4.21. The van der Waals surface area contributed by atoms with Gasteiger partial charge in [-0.2, -0.15) is 0 Å². The SMILES string of the molecule is CN(C)[C@@H](CNc1ncccc1F)c1cccs1. The lowest BCUT2D eigenvalue weighted by Crippen LogP contribution is -2.26. The van der Waals surface area contributed by atoms with Crippen LogP contribution in [0.3, 0.4) is 0 Å². The quantitative estimate of drug-likeness (QED) is 0.900. The average molecular weight is 265 g/mol. The van der Waals surface area contributed by atoms with Crippen LogP contribution in [0.2, 0.25) is 0 Å². The van der Waals surface area contributed by atoms with Crippen molar-refractivity contribution in [1.82, 2.24) is 9.88 Å². The first-order chi connectivity index (χ1) is 8.68. The van der Waals surface area contributed by atoms with E-state index in [0.717, 1.165) is 0 Å². The van der Waals surface area contributed by atoms with Crippen molar-refractivity contribution in [2.75, 3.05) is 26.0 Å². The van der Waals surface area contributed by atoms with E-state index >= 15 is 0 Å². The lowest BCUT2D eigenvalue weighted by Gasteiger charge is -2.23. The maximum Gasteiger partial charge on any atom is 0.165 e. The van der Waals surface area contributed by atoms with E-state index in [-0.39, 0.29) is 11.9 Å². The second-order valence-corrected chi connectivity index (χ2v) is 5.19. The fourth-order valence-electron chi connectivity index (χ4n) is 1.73. The van der Waals surface area contributed by atoms with Crippen molar-refractivity contribution in [3.05, 3.63) is 46.5 Å². The van der Waals surface area contributed by atoms with Gasteiger partial charge in [-0.15, -0.1) is 11.3 Å². The van der Waals surface area contributed by atoms with Crippen LogP contribution in [0.1, 0.15) is 10.9 Å². The van der Waals surface area contributed by atoms with E-state index < -0.39 is 0 Å². The van der Waals surface area contributed by atoms with Gasteiger partial charge < -0.3 is 10.2 Å². The summed E-state index contributed by atoms with van der Waals surface area (Å²) in [6, 6.07) is 7.32. The molecule has 0 unspecified atom stereocenters. The van der Waals surface area contributed by atoms with Crippen LogP contribution in [0.5, 0.6) is 0 Å². The van der Waals surface area contributed by atoms with Gasteiger partial charge in [-0.05, 0) is 37.7 Å². The first-order valence-electron chi connectivity index (χ1n) is 5.72. The van der Waals surface area contributed by atoms with E-state index in [1.54, 1.807) is 23.6 Å². The molecule has 2 rings (SSSR count). The van der Waals surface area contributed by atoms with Crippen molar-refractivity contribution in [3.8, 4) is 0 Å². The van der Waals surface area contributed by atoms with Gasteiger partial charge in [0.05, 0.1) is 6.04 Å². The van der Waals surface area contributed by atoms with Crippen LogP contribution in [-0.2, 0) is 0 Å². The van der Waals surface area contributed by atoms with E-state index in [9.17, 15) is 4.39 Å². The molecule has 2 aromatic rings. The van der Waals surface area contributed by atoms with E-state index in [1.807, 2.05) is 25.5 Å². The Kier molecular flexibility index (Phi) is 4.28.